The first kappa shape index (κ1) is 17.3. The summed E-state index contributed by atoms with van der Waals surface area (Å²) in [7, 11) is 1.61. The summed E-state index contributed by atoms with van der Waals surface area (Å²) in [6.45, 7) is 2.76. The van der Waals surface area contributed by atoms with Gasteiger partial charge in [0.25, 0.3) is 0 Å². The number of ether oxygens (including phenoxy) is 1. The molecule has 0 aliphatic heterocycles. The van der Waals surface area contributed by atoms with Gasteiger partial charge in [-0.3, -0.25) is 0 Å². The van der Waals surface area contributed by atoms with Gasteiger partial charge in [-0.2, -0.15) is 13.2 Å². The molecule has 0 aliphatic rings. The monoisotopic (exact) mass is 323 g/mol. The SMILES string of the molecule is COc1ccc(C)cc1CCNCc1ccccc1C(F)(F)F. The first-order valence-corrected chi connectivity index (χ1v) is 7.41. The molecule has 2 rings (SSSR count). The third kappa shape index (κ3) is 4.73. The zero-order chi connectivity index (χ0) is 16.9. The Balaban J connectivity index is 1.96. The Labute approximate surface area is 134 Å². The Morgan fingerprint density at radius 1 is 1.04 bits per heavy atom. The van der Waals surface area contributed by atoms with E-state index >= 15 is 0 Å². The van der Waals surface area contributed by atoms with E-state index in [0.29, 0.717) is 13.0 Å². The highest BCUT2D eigenvalue weighted by Crippen LogP contribution is 2.31. The number of hydrogen-bond acceptors (Lipinski definition) is 2. The van der Waals surface area contributed by atoms with Crippen LogP contribution >= 0.6 is 0 Å². The van der Waals surface area contributed by atoms with E-state index in [0.717, 1.165) is 22.9 Å². The number of rotatable bonds is 6. The second kappa shape index (κ2) is 7.51. The fourth-order valence-electron chi connectivity index (χ4n) is 2.50. The van der Waals surface area contributed by atoms with Crippen molar-refractivity contribution in [2.45, 2.75) is 26.1 Å². The van der Waals surface area contributed by atoms with Gasteiger partial charge in [0.2, 0.25) is 0 Å². The molecule has 5 heteroatoms. The van der Waals surface area contributed by atoms with Crippen molar-refractivity contribution in [2.75, 3.05) is 13.7 Å². The van der Waals surface area contributed by atoms with E-state index in [2.05, 4.69) is 5.32 Å². The van der Waals surface area contributed by atoms with Crippen LogP contribution < -0.4 is 10.1 Å². The molecule has 0 spiro atoms. The molecule has 0 saturated carbocycles. The van der Waals surface area contributed by atoms with Gasteiger partial charge in [0, 0.05) is 6.54 Å². The van der Waals surface area contributed by atoms with Gasteiger partial charge in [-0.15, -0.1) is 0 Å². The summed E-state index contributed by atoms with van der Waals surface area (Å²) in [6, 6.07) is 11.5. The summed E-state index contributed by atoms with van der Waals surface area (Å²) in [5.74, 6) is 0.799. The Kier molecular flexibility index (Phi) is 5.66. The van der Waals surface area contributed by atoms with Crippen LogP contribution in [-0.4, -0.2) is 13.7 Å². The first-order chi connectivity index (χ1) is 10.9. The van der Waals surface area contributed by atoms with E-state index in [1.807, 2.05) is 25.1 Å². The number of alkyl halides is 3. The molecule has 0 aliphatic carbocycles. The highest BCUT2D eigenvalue weighted by molar-refractivity contribution is 5.37. The van der Waals surface area contributed by atoms with Crippen LogP contribution in [0.4, 0.5) is 13.2 Å². The van der Waals surface area contributed by atoms with Crippen LogP contribution in [-0.2, 0) is 19.1 Å². The predicted octanol–water partition coefficient (Wildman–Crippen LogP) is 4.35. The molecule has 0 atom stereocenters. The summed E-state index contributed by atoms with van der Waals surface area (Å²) in [5, 5.41) is 3.08. The smallest absolute Gasteiger partial charge is 0.416 e. The van der Waals surface area contributed by atoms with Crippen molar-refractivity contribution in [3.63, 3.8) is 0 Å². The van der Waals surface area contributed by atoms with E-state index in [1.54, 1.807) is 13.2 Å². The molecule has 0 heterocycles. The molecule has 124 valence electrons. The lowest BCUT2D eigenvalue weighted by molar-refractivity contribution is -0.138. The Bertz CT molecular complexity index is 653. The van der Waals surface area contributed by atoms with E-state index in [1.165, 1.54) is 12.1 Å². The van der Waals surface area contributed by atoms with Gasteiger partial charge in [-0.1, -0.05) is 35.9 Å². The van der Waals surface area contributed by atoms with Gasteiger partial charge in [0.05, 0.1) is 12.7 Å². The maximum atomic E-state index is 12.9. The molecular formula is C18H20F3NO. The van der Waals surface area contributed by atoms with Crippen molar-refractivity contribution in [3.05, 3.63) is 64.7 Å². The third-order valence-electron chi connectivity index (χ3n) is 3.65. The number of aryl methyl sites for hydroxylation is 1. The zero-order valence-electron chi connectivity index (χ0n) is 13.2. The van der Waals surface area contributed by atoms with E-state index in [-0.39, 0.29) is 12.1 Å². The topological polar surface area (TPSA) is 21.3 Å². The van der Waals surface area contributed by atoms with Crippen molar-refractivity contribution in [2.24, 2.45) is 0 Å². The van der Waals surface area contributed by atoms with Crippen LogP contribution in [0.1, 0.15) is 22.3 Å². The van der Waals surface area contributed by atoms with Crippen molar-refractivity contribution < 1.29 is 17.9 Å². The summed E-state index contributed by atoms with van der Waals surface area (Å²) >= 11 is 0. The molecule has 0 unspecified atom stereocenters. The highest BCUT2D eigenvalue weighted by atomic mass is 19.4. The van der Waals surface area contributed by atoms with Crippen molar-refractivity contribution in [1.29, 1.82) is 0 Å². The van der Waals surface area contributed by atoms with Crippen LogP contribution in [0.3, 0.4) is 0 Å². The van der Waals surface area contributed by atoms with Crippen LogP contribution in [0.5, 0.6) is 5.75 Å². The summed E-state index contributed by atoms with van der Waals surface area (Å²) in [5.41, 5.74) is 1.85. The quantitative estimate of drug-likeness (QED) is 0.798. The normalized spacial score (nSPS) is 11.5. The predicted molar refractivity (Wildman–Crippen MR) is 84.6 cm³/mol. The Morgan fingerprint density at radius 3 is 2.48 bits per heavy atom. The fraction of sp³-hybridized carbons (Fsp3) is 0.333. The average molecular weight is 323 g/mol. The highest BCUT2D eigenvalue weighted by Gasteiger charge is 2.32. The molecule has 0 radical (unpaired) electrons. The molecule has 0 saturated heterocycles. The molecule has 0 amide bonds. The lowest BCUT2D eigenvalue weighted by atomic mass is 10.1. The maximum Gasteiger partial charge on any atom is 0.416 e. The minimum Gasteiger partial charge on any atom is -0.496 e. The van der Waals surface area contributed by atoms with E-state index in [4.69, 9.17) is 4.74 Å². The lowest BCUT2D eigenvalue weighted by Gasteiger charge is -2.14. The number of benzene rings is 2. The van der Waals surface area contributed by atoms with Crippen LogP contribution in [0.25, 0.3) is 0 Å². The minimum atomic E-state index is -4.32. The van der Waals surface area contributed by atoms with Gasteiger partial charge in [-0.05, 0) is 43.1 Å². The summed E-state index contributed by atoms with van der Waals surface area (Å²) in [4.78, 5) is 0. The zero-order valence-corrected chi connectivity index (χ0v) is 13.2. The average Bonchev–Trinajstić information content (AvgIpc) is 2.51. The Morgan fingerprint density at radius 2 is 1.78 bits per heavy atom. The number of methoxy groups -OCH3 is 1. The Hall–Kier alpha value is -2.01. The van der Waals surface area contributed by atoms with Gasteiger partial charge < -0.3 is 10.1 Å². The van der Waals surface area contributed by atoms with E-state index in [9.17, 15) is 13.2 Å². The molecule has 2 nitrogen and oxygen atoms in total. The van der Waals surface area contributed by atoms with Gasteiger partial charge in [0.1, 0.15) is 5.75 Å². The van der Waals surface area contributed by atoms with E-state index < -0.39 is 11.7 Å². The molecular weight excluding hydrogens is 303 g/mol. The number of nitrogens with one attached hydrogen (secondary N) is 1. The molecule has 0 bridgehead atoms. The van der Waals surface area contributed by atoms with Crippen molar-refractivity contribution in [1.82, 2.24) is 5.32 Å². The second-order valence-corrected chi connectivity index (χ2v) is 5.40. The molecule has 2 aromatic rings. The lowest BCUT2D eigenvalue weighted by Crippen LogP contribution is -2.20. The maximum absolute atomic E-state index is 12.9. The fourth-order valence-corrected chi connectivity index (χ4v) is 2.50. The second-order valence-electron chi connectivity index (χ2n) is 5.40. The van der Waals surface area contributed by atoms with Gasteiger partial charge >= 0.3 is 6.18 Å². The summed E-state index contributed by atoms with van der Waals surface area (Å²) in [6.07, 6.45) is -3.63. The van der Waals surface area contributed by atoms with Gasteiger partial charge in [-0.25, -0.2) is 0 Å². The van der Waals surface area contributed by atoms with Crippen LogP contribution in [0, 0.1) is 6.92 Å². The summed E-state index contributed by atoms with van der Waals surface area (Å²) < 4.78 is 44.1. The third-order valence-corrected chi connectivity index (χ3v) is 3.65. The van der Waals surface area contributed by atoms with Gasteiger partial charge in [0.15, 0.2) is 0 Å². The molecule has 0 aromatic heterocycles. The molecule has 23 heavy (non-hydrogen) atoms. The first-order valence-electron chi connectivity index (χ1n) is 7.41. The number of hydrogen-bond donors (Lipinski definition) is 1. The molecule has 1 N–H and O–H groups in total. The van der Waals surface area contributed by atoms with Crippen LogP contribution in [0.2, 0.25) is 0 Å². The molecule has 2 aromatic carbocycles. The largest absolute Gasteiger partial charge is 0.496 e. The van der Waals surface area contributed by atoms with Crippen molar-refractivity contribution >= 4 is 0 Å². The van der Waals surface area contributed by atoms with Crippen LogP contribution in [0.15, 0.2) is 42.5 Å². The number of halogens is 3. The molecule has 0 fully saturated rings. The van der Waals surface area contributed by atoms with Crippen molar-refractivity contribution in [3.8, 4) is 5.75 Å². The standard InChI is InChI=1S/C18H20F3NO/c1-13-7-8-17(23-2)14(11-13)9-10-22-12-15-5-3-4-6-16(15)18(19,20)21/h3-8,11,22H,9-10,12H2,1-2H3. The minimum absolute atomic E-state index is 0.184.